The van der Waals surface area contributed by atoms with E-state index < -0.39 is 5.54 Å². The maximum Gasteiger partial charge on any atom is 0.128 e. The zero-order valence-electron chi connectivity index (χ0n) is 12.9. The smallest absolute Gasteiger partial charge is 0.128 e. The first-order valence-corrected chi connectivity index (χ1v) is 7.27. The van der Waals surface area contributed by atoms with Crippen LogP contribution in [0.5, 0.6) is 5.75 Å². The number of ether oxygens (including phenoxy) is 1. The summed E-state index contributed by atoms with van der Waals surface area (Å²) in [7, 11) is 1.68. The molecular formula is C17H21ClN2O. The molecule has 1 aromatic heterocycles. The van der Waals surface area contributed by atoms with Gasteiger partial charge in [-0.05, 0) is 38.5 Å². The largest absolute Gasteiger partial charge is 0.496 e. The molecule has 0 bridgehead atoms. The van der Waals surface area contributed by atoms with Gasteiger partial charge in [0.1, 0.15) is 5.75 Å². The van der Waals surface area contributed by atoms with Gasteiger partial charge < -0.3 is 10.5 Å². The number of nitrogens with zero attached hydrogens (tertiary/aromatic N) is 1. The van der Waals surface area contributed by atoms with Gasteiger partial charge in [-0.1, -0.05) is 23.7 Å². The molecule has 2 rings (SSSR count). The number of hydrogen-bond acceptors (Lipinski definition) is 3. The predicted molar refractivity (Wildman–Crippen MR) is 87.0 cm³/mol. The third-order valence-electron chi connectivity index (χ3n) is 3.77. The molecule has 1 unspecified atom stereocenters. The quantitative estimate of drug-likeness (QED) is 0.935. The van der Waals surface area contributed by atoms with Gasteiger partial charge in [0.15, 0.2) is 0 Å². The zero-order valence-corrected chi connectivity index (χ0v) is 13.7. The third kappa shape index (κ3) is 3.36. The Morgan fingerprint density at radius 3 is 2.67 bits per heavy atom. The van der Waals surface area contributed by atoms with Crippen LogP contribution >= 0.6 is 11.6 Å². The Kier molecular flexibility index (Phi) is 4.55. The number of pyridine rings is 1. The zero-order chi connectivity index (χ0) is 15.6. The summed E-state index contributed by atoms with van der Waals surface area (Å²) in [5.74, 6) is 0.877. The molecule has 1 atom stereocenters. The molecule has 1 aromatic carbocycles. The van der Waals surface area contributed by atoms with E-state index in [1.54, 1.807) is 7.11 Å². The van der Waals surface area contributed by atoms with Crippen molar-refractivity contribution in [1.29, 1.82) is 0 Å². The molecule has 0 aliphatic heterocycles. The van der Waals surface area contributed by atoms with Crippen LogP contribution in [-0.2, 0) is 12.0 Å². The number of nitrogens with two attached hydrogens (primary N) is 1. The molecular weight excluding hydrogens is 284 g/mol. The molecule has 2 N–H and O–H groups in total. The molecule has 2 aromatic rings. The fraction of sp³-hybridized carbons (Fsp3) is 0.353. The van der Waals surface area contributed by atoms with E-state index in [0.29, 0.717) is 11.4 Å². The number of aryl methyl sites for hydroxylation is 1. The Bertz CT molecular complexity index is 653. The van der Waals surface area contributed by atoms with Crippen LogP contribution < -0.4 is 10.5 Å². The van der Waals surface area contributed by atoms with Gasteiger partial charge in [-0.15, -0.1) is 0 Å². The van der Waals surface area contributed by atoms with Crippen molar-refractivity contribution in [2.45, 2.75) is 32.7 Å². The van der Waals surface area contributed by atoms with Crippen LogP contribution in [0.1, 0.15) is 29.3 Å². The average Bonchev–Trinajstić information content (AvgIpc) is 2.43. The van der Waals surface area contributed by atoms with Crippen LogP contribution in [-0.4, -0.2) is 12.1 Å². The summed E-state index contributed by atoms with van der Waals surface area (Å²) < 4.78 is 5.45. The lowest BCUT2D eigenvalue weighted by Crippen LogP contribution is -2.36. The topological polar surface area (TPSA) is 48.1 Å². The van der Waals surface area contributed by atoms with Gasteiger partial charge in [-0.3, -0.25) is 4.98 Å². The molecule has 0 amide bonds. The minimum Gasteiger partial charge on any atom is -0.496 e. The number of methoxy groups -OCH3 is 1. The van der Waals surface area contributed by atoms with Crippen LogP contribution in [0.15, 0.2) is 30.5 Å². The molecule has 4 heteroatoms. The van der Waals surface area contributed by atoms with E-state index >= 15 is 0 Å². The van der Waals surface area contributed by atoms with Crippen LogP contribution in [0.3, 0.4) is 0 Å². The van der Waals surface area contributed by atoms with Crippen LogP contribution in [0.4, 0.5) is 0 Å². The molecule has 21 heavy (non-hydrogen) atoms. The molecule has 0 aliphatic rings. The lowest BCUT2D eigenvalue weighted by Gasteiger charge is -2.26. The Morgan fingerprint density at radius 1 is 1.33 bits per heavy atom. The first kappa shape index (κ1) is 15.8. The average molecular weight is 305 g/mol. The summed E-state index contributed by atoms with van der Waals surface area (Å²) in [4.78, 5) is 4.53. The highest BCUT2D eigenvalue weighted by atomic mass is 35.5. The summed E-state index contributed by atoms with van der Waals surface area (Å²) in [6.07, 6.45) is 2.45. The minimum absolute atomic E-state index is 0.539. The van der Waals surface area contributed by atoms with Crippen molar-refractivity contribution in [3.8, 4) is 5.75 Å². The number of hydrogen-bond donors (Lipinski definition) is 1. The van der Waals surface area contributed by atoms with E-state index in [4.69, 9.17) is 22.1 Å². The van der Waals surface area contributed by atoms with Gasteiger partial charge in [-0.25, -0.2) is 0 Å². The molecule has 0 aliphatic carbocycles. The number of rotatable bonds is 4. The van der Waals surface area contributed by atoms with Gasteiger partial charge in [-0.2, -0.15) is 0 Å². The van der Waals surface area contributed by atoms with Gasteiger partial charge >= 0.3 is 0 Å². The van der Waals surface area contributed by atoms with E-state index in [1.807, 2.05) is 51.2 Å². The maximum absolute atomic E-state index is 6.50. The molecule has 1 heterocycles. The molecule has 0 radical (unpaired) electrons. The second kappa shape index (κ2) is 6.04. The highest BCUT2D eigenvalue weighted by Crippen LogP contribution is 2.29. The van der Waals surface area contributed by atoms with E-state index in [-0.39, 0.29) is 0 Å². The van der Waals surface area contributed by atoms with E-state index in [0.717, 1.165) is 28.1 Å². The summed E-state index contributed by atoms with van der Waals surface area (Å²) in [5, 5.41) is 0.690. The van der Waals surface area contributed by atoms with Crippen LogP contribution in [0, 0.1) is 13.8 Å². The Labute approximate surface area is 131 Å². The van der Waals surface area contributed by atoms with Crippen molar-refractivity contribution in [2.24, 2.45) is 5.73 Å². The predicted octanol–water partition coefficient (Wildman–Crippen LogP) is 3.78. The first-order valence-electron chi connectivity index (χ1n) is 6.89. The SMILES string of the molecule is COc1c(C)cnc(CC(C)(N)c2cccc(Cl)c2)c1C. The second-order valence-corrected chi connectivity index (χ2v) is 6.09. The Balaban J connectivity index is 2.37. The fourth-order valence-electron chi connectivity index (χ4n) is 2.54. The first-order chi connectivity index (χ1) is 9.85. The molecule has 0 fully saturated rings. The van der Waals surface area contributed by atoms with Crippen molar-refractivity contribution in [3.05, 3.63) is 57.9 Å². The summed E-state index contributed by atoms with van der Waals surface area (Å²) in [6.45, 7) is 6.00. The van der Waals surface area contributed by atoms with Gasteiger partial charge in [0.2, 0.25) is 0 Å². The number of aromatic nitrogens is 1. The van der Waals surface area contributed by atoms with Gasteiger partial charge in [0.05, 0.1) is 7.11 Å². The number of halogens is 1. The molecule has 0 spiro atoms. The lowest BCUT2D eigenvalue weighted by atomic mass is 9.87. The van der Waals surface area contributed by atoms with E-state index in [1.165, 1.54) is 0 Å². The van der Waals surface area contributed by atoms with Crippen molar-refractivity contribution >= 4 is 11.6 Å². The van der Waals surface area contributed by atoms with E-state index in [9.17, 15) is 0 Å². The standard InChI is InChI=1S/C17H21ClN2O/c1-11-10-20-15(12(2)16(11)21-4)9-17(3,19)13-6-5-7-14(18)8-13/h5-8,10H,9,19H2,1-4H3. The summed E-state index contributed by atoms with van der Waals surface area (Å²) >= 11 is 6.06. The monoisotopic (exact) mass is 304 g/mol. The van der Waals surface area contributed by atoms with Crippen molar-refractivity contribution in [2.75, 3.05) is 7.11 Å². The lowest BCUT2D eigenvalue weighted by molar-refractivity contribution is 0.404. The van der Waals surface area contributed by atoms with Gasteiger partial charge in [0.25, 0.3) is 0 Å². The molecule has 3 nitrogen and oxygen atoms in total. The minimum atomic E-state index is -0.539. The third-order valence-corrected chi connectivity index (χ3v) is 4.00. The van der Waals surface area contributed by atoms with Gasteiger partial charge in [0, 0.05) is 40.0 Å². The highest BCUT2D eigenvalue weighted by Gasteiger charge is 2.24. The normalized spacial score (nSPS) is 13.8. The van der Waals surface area contributed by atoms with Crippen molar-refractivity contribution in [1.82, 2.24) is 4.98 Å². The second-order valence-electron chi connectivity index (χ2n) is 5.65. The van der Waals surface area contributed by atoms with E-state index in [2.05, 4.69) is 4.98 Å². The van der Waals surface area contributed by atoms with Crippen LogP contribution in [0.2, 0.25) is 5.02 Å². The van der Waals surface area contributed by atoms with Crippen molar-refractivity contribution in [3.63, 3.8) is 0 Å². The molecule has 0 saturated heterocycles. The Morgan fingerprint density at radius 2 is 2.05 bits per heavy atom. The fourth-order valence-corrected chi connectivity index (χ4v) is 2.73. The molecule has 0 saturated carbocycles. The highest BCUT2D eigenvalue weighted by molar-refractivity contribution is 6.30. The Hall–Kier alpha value is -1.58. The maximum atomic E-state index is 6.50. The molecule has 112 valence electrons. The van der Waals surface area contributed by atoms with Crippen LogP contribution in [0.25, 0.3) is 0 Å². The summed E-state index contributed by atoms with van der Waals surface area (Å²) in [6, 6.07) is 7.66. The number of benzene rings is 1. The van der Waals surface area contributed by atoms with Crippen molar-refractivity contribution < 1.29 is 4.74 Å². The summed E-state index contributed by atoms with van der Waals surface area (Å²) in [5.41, 5.74) is 9.97.